The van der Waals surface area contributed by atoms with E-state index in [0.29, 0.717) is 5.57 Å². The highest BCUT2D eigenvalue weighted by atomic mass is 19.1. The number of aliphatic hydroxyl groups excluding tert-OH is 1. The predicted molar refractivity (Wildman–Crippen MR) is 81.1 cm³/mol. The van der Waals surface area contributed by atoms with Crippen molar-refractivity contribution in [3.8, 4) is 0 Å². The van der Waals surface area contributed by atoms with Gasteiger partial charge < -0.3 is 15.3 Å². The first-order valence-electron chi connectivity index (χ1n) is 7.08. The number of carbonyl (C=O) groups is 2. The standard InChI is InChI=1S/C17H17FO5/c1-10-12(11-4-2-3-5-14(11)18)8-17(6-7-19,16(22)23)9-13(10)15(20)21/h2-5,8,19H,6-7,9H2,1H3,(H,20,21)(H,22,23). The molecule has 6 heteroatoms. The number of hydrogen-bond acceptors (Lipinski definition) is 3. The summed E-state index contributed by atoms with van der Waals surface area (Å²) in [5, 5.41) is 28.2. The molecule has 0 aromatic heterocycles. The molecule has 0 aliphatic heterocycles. The second kappa shape index (κ2) is 6.34. The van der Waals surface area contributed by atoms with Crippen LogP contribution in [0.1, 0.15) is 25.3 Å². The normalized spacial score (nSPS) is 21.1. The van der Waals surface area contributed by atoms with E-state index in [2.05, 4.69) is 0 Å². The molecule has 1 atom stereocenters. The van der Waals surface area contributed by atoms with Crippen LogP contribution in [0.15, 0.2) is 41.5 Å². The summed E-state index contributed by atoms with van der Waals surface area (Å²) >= 11 is 0. The molecule has 0 spiro atoms. The fraction of sp³-hybridized carbons (Fsp3) is 0.294. The van der Waals surface area contributed by atoms with E-state index in [-0.39, 0.29) is 29.6 Å². The molecule has 2 rings (SSSR count). The zero-order valence-electron chi connectivity index (χ0n) is 12.5. The van der Waals surface area contributed by atoms with Crippen molar-refractivity contribution in [2.75, 3.05) is 6.61 Å². The van der Waals surface area contributed by atoms with Crippen LogP contribution in [0.4, 0.5) is 4.39 Å². The fourth-order valence-corrected chi connectivity index (χ4v) is 2.85. The molecular weight excluding hydrogens is 303 g/mol. The number of aliphatic hydroxyl groups is 1. The maximum Gasteiger partial charge on any atom is 0.331 e. The molecule has 1 unspecified atom stereocenters. The Morgan fingerprint density at radius 1 is 1.26 bits per heavy atom. The van der Waals surface area contributed by atoms with Crippen LogP contribution in [0.25, 0.3) is 5.57 Å². The smallest absolute Gasteiger partial charge is 0.331 e. The van der Waals surface area contributed by atoms with E-state index in [9.17, 15) is 29.3 Å². The van der Waals surface area contributed by atoms with Gasteiger partial charge in [0.1, 0.15) is 5.82 Å². The average Bonchev–Trinajstić information content (AvgIpc) is 2.49. The number of carboxylic acids is 2. The molecule has 122 valence electrons. The largest absolute Gasteiger partial charge is 0.481 e. The summed E-state index contributed by atoms with van der Waals surface area (Å²) in [5.74, 6) is -3.05. The first-order valence-corrected chi connectivity index (χ1v) is 7.08. The second-order valence-corrected chi connectivity index (χ2v) is 5.56. The molecule has 1 aliphatic carbocycles. The molecule has 1 aromatic carbocycles. The Morgan fingerprint density at radius 3 is 2.43 bits per heavy atom. The number of allylic oxidation sites excluding steroid dienone is 2. The summed E-state index contributed by atoms with van der Waals surface area (Å²) < 4.78 is 14.1. The van der Waals surface area contributed by atoms with Crippen molar-refractivity contribution >= 4 is 17.5 Å². The lowest BCUT2D eigenvalue weighted by Crippen LogP contribution is -2.34. The lowest BCUT2D eigenvalue weighted by molar-refractivity contribution is -0.147. The van der Waals surface area contributed by atoms with E-state index in [1.807, 2.05) is 0 Å². The summed E-state index contributed by atoms with van der Waals surface area (Å²) in [6.45, 7) is 1.12. The van der Waals surface area contributed by atoms with Crippen LogP contribution in [-0.4, -0.2) is 33.9 Å². The minimum atomic E-state index is -1.57. The minimum Gasteiger partial charge on any atom is -0.481 e. The Labute approximate surface area is 132 Å². The highest BCUT2D eigenvalue weighted by Crippen LogP contribution is 2.44. The van der Waals surface area contributed by atoms with Gasteiger partial charge in [0.25, 0.3) is 0 Å². The fourth-order valence-electron chi connectivity index (χ4n) is 2.85. The zero-order chi connectivity index (χ0) is 17.2. The third-order valence-electron chi connectivity index (χ3n) is 4.18. The Balaban J connectivity index is 2.72. The third-order valence-corrected chi connectivity index (χ3v) is 4.18. The molecule has 5 nitrogen and oxygen atoms in total. The number of rotatable bonds is 5. The SMILES string of the molecule is CC1=C(C(=O)O)CC(CCO)(C(=O)O)C=C1c1ccccc1F. The van der Waals surface area contributed by atoms with Crippen molar-refractivity contribution in [3.05, 3.63) is 52.9 Å². The summed E-state index contributed by atoms with van der Waals surface area (Å²) in [6.07, 6.45) is 0.970. The summed E-state index contributed by atoms with van der Waals surface area (Å²) in [7, 11) is 0. The number of carboxylic acid groups (broad SMARTS) is 2. The van der Waals surface area contributed by atoms with Crippen molar-refractivity contribution < 1.29 is 29.3 Å². The summed E-state index contributed by atoms with van der Waals surface area (Å²) in [6, 6.07) is 5.79. The van der Waals surface area contributed by atoms with Gasteiger partial charge in [0, 0.05) is 17.7 Å². The molecule has 1 aromatic rings. The van der Waals surface area contributed by atoms with Gasteiger partial charge in [-0.25, -0.2) is 9.18 Å². The van der Waals surface area contributed by atoms with Crippen molar-refractivity contribution in [3.63, 3.8) is 0 Å². The van der Waals surface area contributed by atoms with Gasteiger partial charge in [-0.05, 0) is 37.0 Å². The van der Waals surface area contributed by atoms with Crippen molar-refractivity contribution in [1.29, 1.82) is 0 Å². The summed E-state index contributed by atoms with van der Waals surface area (Å²) in [4.78, 5) is 23.2. The van der Waals surface area contributed by atoms with Gasteiger partial charge in [0.05, 0.1) is 5.41 Å². The second-order valence-electron chi connectivity index (χ2n) is 5.56. The van der Waals surface area contributed by atoms with E-state index in [0.717, 1.165) is 0 Å². The Bertz CT molecular complexity index is 719. The van der Waals surface area contributed by atoms with Gasteiger partial charge in [0.2, 0.25) is 0 Å². The molecule has 3 N–H and O–H groups in total. The van der Waals surface area contributed by atoms with Crippen LogP contribution in [-0.2, 0) is 9.59 Å². The van der Waals surface area contributed by atoms with Crippen LogP contribution >= 0.6 is 0 Å². The highest BCUT2D eigenvalue weighted by Gasteiger charge is 2.42. The lowest BCUT2D eigenvalue weighted by Gasteiger charge is -2.32. The predicted octanol–water partition coefficient (Wildman–Crippen LogP) is 2.47. The quantitative estimate of drug-likeness (QED) is 0.774. The third kappa shape index (κ3) is 3.03. The van der Waals surface area contributed by atoms with Crippen LogP contribution in [0.5, 0.6) is 0 Å². The molecule has 0 amide bonds. The van der Waals surface area contributed by atoms with E-state index in [1.54, 1.807) is 6.07 Å². The summed E-state index contributed by atoms with van der Waals surface area (Å²) in [5.41, 5.74) is -0.937. The maximum absolute atomic E-state index is 14.1. The van der Waals surface area contributed by atoms with Crippen molar-refractivity contribution in [2.45, 2.75) is 19.8 Å². The molecular formula is C17H17FO5. The average molecular weight is 320 g/mol. The maximum atomic E-state index is 14.1. The minimum absolute atomic E-state index is 0.0818. The Morgan fingerprint density at radius 2 is 1.91 bits per heavy atom. The van der Waals surface area contributed by atoms with Crippen molar-refractivity contribution in [1.82, 2.24) is 0 Å². The van der Waals surface area contributed by atoms with E-state index >= 15 is 0 Å². The van der Waals surface area contributed by atoms with Gasteiger partial charge in [-0.3, -0.25) is 4.79 Å². The molecule has 0 bridgehead atoms. The number of aliphatic carboxylic acids is 2. The van der Waals surface area contributed by atoms with E-state index < -0.39 is 29.8 Å². The molecule has 0 saturated carbocycles. The van der Waals surface area contributed by atoms with Crippen LogP contribution in [0.2, 0.25) is 0 Å². The van der Waals surface area contributed by atoms with Gasteiger partial charge in [0.15, 0.2) is 0 Å². The van der Waals surface area contributed by atoms with Crippen LogP contribution in [0, 0.1) is 11.2 Å². The molecule has 0 saturated heterocycles. The lowest BCUT2D eigenvalue weighted by atomic mass is 9.70. The Hall–Kier alpha value is -2.47. The van der Waals surface area contributed by atoms with Gasteiger partial charge in [-0.2, -0.15) is 0 Å². The highest BCUT2D eigenvalue weighted by molar-refractivity contribution is 5.98. The zero-order valence-corrected chi connectivity index (χ0v) is 12.5. The molecule has 0 fully saturated rings. The number of halogens is 1. The monoisotopic (exact) mass is 320 g/mol. The first-order chi connectivity index (χ1) is 10.8. The molecule has 1 aliphatic rings. The number of hydrogen-bond donors (Lipinski definition) is 3. The molecule has 23 heavy (non-hydrogen) atoms. The number of benzene rings is 1. The Kier molecular flexibility index (Phi) is 4.65. The first kappa shape index (κ1) is 16.9. The van der Waals surface area contributed by atoms with Gasteiger partial charge >= 0.3 is 11.9 Å². The van der Waals surface area contributed by atoms with Crippen LogP contribution in [0.3, 0.4) is 0 Å². The molecule has 0 heterocycles. The van der Waals surface area contributed by atoms with Gasteiger partial charge in [-0.15, -0.1) is 0 Å². The van der Waals surface area contributed by atoms with E-state index in [4.69, 9.17) is 0 Å². The van der Waals surface area contributed by atoms with Crippen LogP contribution < -0.4 is 0 Å². The topological polar surface area (TPSA) is 94.8 Å². The van der Waals surface area contributed by atoms with E-state index in [1.165, 1.54) is 31.2 Å². The molecule has 0 radical (unpaired) electrons. The van der Waals surface area contributed by atoms with Crippen molar-refractivity contribution in [2.24, 2.45) is 5.41 Å². The van der Waals surface area contributed by atoms with Gasteiger partial charge in [-0.1, -0.05) is 24.3 Å².